The summed E-state index contributed by atoms with van der Waals surface area (Å²) in [7, 11) is 3.25. The summed E-state index contributed by atoms with van der Waals surface area (Å²) in [5.74, 6) is 0.897. The Morgan fingerprint density at radius 1 is 0.944 bits per heavy atom. The number of hydrogen-bond acceptors (Lipinski definition) is 6. The number of phenols is 1. The first kappa shape index (κ1) is 25.0. The number of methoxy groups -OCH3 is 2. The Morgan fingerprint density at radius 3 is 2.47 bits per heavy atom. The zero-order valence-corrected chi connectivity index (χ0v) is 20.7. The topological polar surface area (TPSA) is 92.2 Å². The number of halogens is 1. The summed E-state index contributed by atoms with van der Waals surface area (Å²) in [6, 6.07) is 22.2. The zero-order chi connectivity index (χ0) is 25.5. The van der Waals surface area contributed by atoms with Crippen LogP contribution in [0.2, 0.25) is 5.02 Å². The van der Waals surface area contributed by atoms with Crippen molar-refractivity contribution >= 4 is 34.5 Å². The number of benzene rings is 4. The molecule has 3 N–H and O–H groups in total. The number of amides is 1. The van der Waals surface area contributed by atoms with Crippen molar-refractivity contribution in [3.63, 3.8) is 0 Å². The quantitative estimate of drug-likeness (QED) is 0.214. The first-order valence-corrected chi connectivity index (χ1v) is 11.6. The van der Waals surface area contributed by atoms with Crippen molar-refractivity contribution in [2.24, 2.45) is 5.10 Å². The molecule has 0 radical (unpaired) electrons. The minimum Gasteiger partial charge on any atom is -0.506 e. The third-order valence-electron chi connectivity index (χ3n) is 5.72. The van der Waals surface area contributed by atoms with Gasteiger partial charge in [-0.3, -0.25) is 4.79 Å². The number of carbonyl (C=O) groups excluding carboxylic acids is 1. The van der Waals surface area contributed by atoms with Gasteiger partial charge >= 0.3 is 0 Å². The standard InChI is InChI=1S/C28H26ClN3O4/c1-35-26-12-7-18(13-27(26)36-2)15-30-16-20-8-9-21(23-6-4-3-5-22(20)23)17-31-32-28(34)19-10-11-25(33)24(29)14-19/h3-14,17,30,33H,15-16H2,1-2H3,(H,32,34). The minimum absolute atomic E-state index is 0.0820. The summed E-state index contributed by atoms with van der Waals surface area (Å²) in [6.07, 6.45) is 1.61. The highest BCUT2D eigenvalue weighted by molar-refractivity contribution is 6.32. The molecule has 0 aliphatic rings. The molecule has 4 rings (SSSR count). The van der Waals surface area contributed by atoms with Gasteiger partial charge < -0.3 is 19.9 Å². The van der Waals surface area contributed by atoms with E-state index in [2.05, 4.69) is 21.9 Å². The second-order valence-electron chi connectivity index (χ2n) is 8.02. The van der Waals surface area contributed by atoms with Crippen LogP contribution in [-0.4, -0.2) is 31.4 Å². The molecule has 7 nitrogen and oxygen atoms in total. The van der Waals surface area contributed by atoms with Crippen molar-refractivity contribution in [2.75, 3.05) is 14.2 Å². The molecule has 0 unspecified atom stereocenters. The van der Waals surface area contributed by atoms with E-state index in [1.807, 2.05) is 48.5 Å². The Kier molecular flexibility index (Phi) is 8.05. The van der Waals surface area contributed by atoms with Gasteiger partial charge in [-0.2, -0.15) is 5.10 Å². The van der Waals surface area contributed by atoms with E-state index in [-0.39, 0.29) is 10.8 Å². The number of ether oxygens (including phenoxy) is 2. The average Bonchev–Trinajstić information content (AvgIpc) is 2.90. The lowest BCUT2D eigenvalue weighted by Crippen LogP contribution is -2.17. The molecule has 0 saturated heterocycles. The van der Waals surface area contributed by atoms with Crippen LogP contribution in [0.4, 0.5) is 0 Å². The van der Waals surface area contributed by atoms with Gasteiger partial charge in [0.2, 0.25) is 0 Å². The predicted octanol–water partition coefficient (Wildman–Crippen LogP) is 5.27. The lowest BCUT2D eigenvalue weighted by atomic mass is 10.00. The molecule has 4 aromatic rings. The number of nitrogens with zero attached hydrogens (tertiary/aromatic N) is 1. The predicted molar refractivity (Wildman–Crippen MR) is 142 cm³/mol. The van der Waals surface area contributed by atoms with Gasteiger partial charge in [0.1, 0.15) is 5.75 Å². The number of aromatic hydroxyl groups is 1. The van der Waals surface area contributed by atoms with Crippen LogP contribution < -0.4 is 20.2 Å². The van der Waals surface area contributed by atoms with E-state index in [0.717, 1.165) is 27.5 Å². The van der Waals surface area contributed by atoms with E-state index in [1.165, 1.54) is 18.2 Å². The van der Waals surface area contributed by atoms with Crippen LogP contribution in [0.5, 0.6) is 17.2 Å². The van der Waals surface area contributed by atoms with E-state index >= 15 is 0 Å². The van der Waals surface area contributed by atoms with Gasteiger partial charge in [-0.05, 0) is 52.2 Å². The van der Waals surface area contributed by atoms with E-state index in [0.29, 0.717) is 30.2 Å². The fourth-order valence-corrected chi connectivity index (χ4v) is 4.04. The molecule has 0 atom stereocenters. The minimum atomic E-state index is -0.423. The Labute approximate surface area is 214 Å². The Morgan fingerprint density at radius 2 is 1.72 bits per heavy atom. The van der Waals surface area contributed by atoms with E-state index in [4.69, 9.17) is 21.1 Å². The molecular weight excluding hydrogens is 478 g/mol. The molecule has 0 fully saturated rings. The van der Waals surface area contributed by atoms with Crippen molar-refractivity contribution in [1.29, 1.82) is 0 Å². The Bertz CT molecular complexity index is 1420. The second-order valence-corrected chi connectivity index (χ2v) is 8.42. The Balaban J connectivity index is 1.45. The molecule has 0 spiro atoms. The summed E-state index contributed by atoms with van der Waals surface area (Å²) in [5, 5.41) is 19.3. The average molecular weight is 504 g/mol. The third kappa shape index (κ3) is 5.76. The highest BCUT2D eigenvalue weighted by Crippen LogP contribution is 2.28. The van der Waals surface area contributed by atoms with Crippen LogP contribution in [-0.2, 0) is 13.1 Å². The largest absolute Gasteiger partial charge is 0.506 e. The summed E-state index contributed by atoms with van der Waals surface area (Å²) in [4.78, 5) is 12.3. The molecule has 0 saturated carbocycles. The van der Waals surface area contributed by atoms with E-state index in [1.54, 1.807) is 20.4 Å². The smallest absolute Gasteiger partial charge is 0.271 e. The van der Waals surface area contributed by atoms with Crippen molar-refractivity contribution in [3.05, 3.63) is 100 Å². The molecule has 0 bridgehead atoms. The van der Waals surface area contributed by atoms with E-state index < -0.39 is 5.91 Å². The van der Waals surface area contributed by atoms with E-state index in [9.17, 15) is 9.90 Å². The van der Waals surface area contributed by atoms with Gasteiger partial charge in [0.25, 0.3) is 5.91 Å². The highest BCUT2D eigenvalue weighted by Gasteiger charge is 2.09. The maximum Gasteiger partial charge on any atom is 0.271 e. The summed E-state index contributed by atoms with van der Waals surface area (Å²) >= 11 is 5.88. The van der Waals surface area contributed by atoms with Crippen LogP contribution in [0.1, 0.15) is 27.0 Å². The molecule has 4 aromatic carbocycles. The van der Waals surface area contributed by atoms with Crippen molar-refractivity contribution in [2.45, 2.75) is 13.1 Å². The normalized spacial score (nSPS) is 11.1. The third-order valence-corrected chi connectivity index (χ3v) is 6.02. The molecule has 0 aromatic heterocycles. The number of phenolic OH excluding ortho intramolecular Hbond substituents is 1. The monoisotopic (exact) mass is 503 g/mol. The number of carbonyl (C=O) groups is 1. The molecule has 0 aliphatic heterocycles. The maximum atomic E-state index is 12.3. The van der Waals surface area contributed by atoms with Crippen molar-refractivity contribution in [3.8, 4) is 17.2 Å². The number of nitrogens with one attached hydrogen (secondary N) is 2. The first-order chi connectivity index (χ1) is 17.5. The number of hydrazone groups is 1. The van der Waals surface area contributed by atoms with Gasteiger partial charge in [0, 0.05) is 24.2 Å². The lowest BCUT2D eigenvalue weighted by molar-refractivity contribution is 0.0955. The molecule has 36 heavy (non-hydrogen) atoms. The molecule has 0 heterocycles. The first-order valence-electron chi connectivity index (χ1n) is 11.2. The van der Waals surface area contributed by atoms with Gasteiger partial charge in [-0.25, -0.2) is 5.43 Å². The van der Waals surface area contributed by atoms with Gasteiger partial charge in [0.05, 0.1) is 25.5 Å². The van der Waals surface area contributed by atoms with Gasteiger partial charge in [-0.15, -0.1) is 0 Å². The van der Waals surface area contributed by atoms with Crippen LogP contribution in [0, 0.1) is 0 Å². The Hall–Kier alpha value is -4.07. The fraction of sp³-hybridized carbons (Fsp3) is 0.143. The van der Waals surface area contributed by atoms with Crippen molar-refractivity contribution < 1.29 is 19.4 Å². The molecule has 184 valence electrons. The summed E-state index contributed by atoms with van der Waals surface area (Å²) < 4.78 is 10.7. The van der Waals surface area contributed by atoms with Crippen LogP contribution in [0.25, 0.3) is 10.8 Å². The fourth-order valence-electron chi connectivity index (χ4n) is 3.86. The van der Waals surface area contributed by atoms with Crippen molar-refractivity contribution in [1.82, 2.24) is 10.7 Å². The van der Waals surface area contributed by atoms with Gasteiger partial charge in [0.15, 0.2) is 11.5 Å². The summed E-state index contributed by atoms with van der Waals surface area (Å²) in [6.45, 7) is 1.34. The molecule has 8 heteroatoms. The molecule has 1 amide bonds. The second kappa shape index (κ2) is 11.6. The molecular formula is C28H26ClN3O4. The summed E-state index contributed by atoms with van der Waals surface area (Å²) in [5.41, 5.74) is 5.91. The maximum absolute atomic E-state index is 12.3. The SMILES string of the molecule is COc1ccc(CNCc2ccc(C=NNC(=O)c3ccc(O)c(Cl)c3)c3ccccc23)cc1OC. The number of hydrogen-bond donors (Lipinski definition) is 3. The van der Waals surface area contributed by atoms with Crippen LogP contribution >= 0.6 is 11.6 Å². The van der Waals surface area contributed by atoms with Gasteiger partial charge in [-0.1, -0.05) is 54.1 Å². The number of fused-ring (bicyclic) bond motifs is 1. The van der Waals surface area contributed by atoms with Crippen LogP contribution in [0.15, 0.2) is 77.9 Å². The lowest BCUT2D eigenvalue weighted by Gasteiger charge is -2.12. The number of rotatable bonds is 9. The highest BCUT2D eigenvalue weighted by atomic mass is 35.5. The molecule has 0 aliphatic carbocycles. The van der Waals surface area contributed by atoms with Crippen LogP contribution in [0.3, 0.4) is 0 Å². The zero-order valence-electron chi connectivity index (χ0n) is 19.9.